The maximum atomic E-state index is 13.4. The summed E-state index contributed by atoms with van der Waals surface area (Å²) in [5, 5.41) is 351. The maximum Gasteiger partial charge on any atom is 0.332 e. The number of ether oxygens (including phenoxy) is 23. The average molecular weight is 2140 g/mol. The van der Waals surface area contributed by atoms with Gasteiger partial charge in [0, 0.05) is 39.5 Å². The summed E-state index contributed by atoms with van der Waals surface area (Å²) in [7, 11) is 0. The van der Waals surface area contributed by atoms with Crippen LogP contribution in [0.3, 0.4) is 0 Å². The lowest BCUT2D eigenvalue weighted by atomic mass is 9.86. The van der Waals surface area contributed by atoms with Crippen LogP contribution in [0.1, 0.15) is 61.3 Å². The first-order chi connectivity index (χ1) is 69.1. The van der Waals surface area contributed by atoms with Crippen LogP contribution in [0.4, 0.5) is 0 Å². The fourth-order valence-electron chi connectivity index (χ4n) is 19.3. The van der Waals surface area contributed by atoms with Gasteiger partial charge >= 0.3 is 11.9 Å². The number of rotatable bonds is 43. The van der Waals surface area contributed by atoms with Crippen molar-refractivity contribution < 1.29 is 291 Å². The largest absolute Gasteiger partial charge is 0.410 e. The monoisotopic (exact) mass is 2130 g/mol. The first-order valence-electron chi connectivity index (χ1n) is 46.9. The van der Waals surface area contributed by atoms with Gasteiger partial charge in [0.2, 0.25) is 23.6 Å². The van der Waals surface area contributed by atoms with Gasteiger partial charge in [-0.2, -0.15) is 0 Å². The number of amides is 4. The highest BCUT2D eigenvalue weighted by molar-refractivity contribution is 5.74. The van der Waals surface area contributed by atoms with Crippen LogP contribution in [-0.2, 0) is 138 Å². The van der Waals surface area contributed by atoms with E-state index in [1.54, 1.807) is 0 Å². The number of aliphatic hydroxyl groups excluding tert-OH is 30. The van der Waals surface area contributed by atoms with E-state index in [1.165, 1.54) is 20.8 Å². The van der Waals surface area contributed by atoms with Crippen molar-refractivity contribution in [2.75, 3.05) is 72.7 Å². The van der Waals surface area contributed by atoms with Gasteiger partial charge in [0.1, 0.15) is 238 Å². The lowest BCUT2D eigenvalue weighted by molar-refractivity contribution is -0.449. The van der Waals surface area contributed by atoms with Crippen LogP contribution in [-0.4, -0.2) is 599 Å². The van der Waals surface area contributed by atoms with Crippen molar-refractivity contribution in [2.45, 2.75) is 398 Å². The van der Waals surface area contributed by atoms with Gasteiger partial charge in [0.05, 0.1) is 122 Å². The molecule has 11 rings (SSSR count). The zero-order chi connectivity index (χ0) is 108. The molecule has 146 heavy (non-hydrogen) atoms. The Balaban J connectivity index is 0.906. The summed E-state index contributed by atoms with van der Waals surface area (Å²) in [5.41, 5.74) is 0. The van der Waals surface area contributed by atoms with E-state index in [1.807, 2.05) is 0 Å². The van der Waals surface area contributed by atoms with Gasteiger partial charge in [-0.25, -0.2) is 0 Å². The number of carbonyl (C=O) groups excluding carboxylic acids is 6. The molecule has 0 aromatic rings. The highest BCUT2D eigenvalue weighted by Gasteiger charge is 2.65. The minimum absolute atomic E-state index is 0.264. The molecule has 11 fully saturated rings. The van der Waals surface area contributed by atoms with Crippen LogP contribution in [0.25, 0.3) is 0 Å². The Morgan fingerprint density at radius 2 is 0.575 bits per heavy atom. The third-order valence-corrected chi connectivity index (χ3v) is 27.3. The van der Waals surface area contributed by atoms with Crippen molar-refractivity contribution >= 4 is 36.6 Å². The second-order valence-corrected chi connectivity index (χ2v) is 37.4. The summed E-state index contributed by atoms with van der Waals surface area (Å²) in [6.07, 6.45) is -107. The average Bonchev–Trinajstić information content (AvgIpc) is 0.761. The van der Waals surface area contributed by atoms with Crippen molar-refractivity contribution in [1.82, 2.24) is 21.3 Å². The summed E-state index contributed by atoms with van der Waals surface area (Å²) in [6.45, 7) is -5.61. The highest BCUT2D eigenvalue weighted by Crippen LogP contribution is 2.46. The molecule has 63 heteroatoms. The Hall–Kier alpha value is -5.22. The number of hydrogen-bond acceptors (Lipinski definition) is 59. The minimum atomic E-state index is -2.92. The van der Waals surface area contributed by atoms with E-state index in [0.717, 1.165) is 27.7 Å². The SMILES string of the molecule is CC(=O)NC1C(O)[C@H](O[C@@H]2OC(CO)[C@H](O)[C@H](O[C@]3(OC=O)C[C@H](O)[C@@H](C)C([C@H](O)[C@@H](O)CO)O3)C2O)[C@@H](CO)O[C@@H]1OC1[C@H](OCC2O[C@@H](O[C@H]3C(CO)O[C@@H](O[C@H]4C(CO)O[C@@H](C)C(NC(C)=O)[C@H]4O)C(NC(C)=O)[C@H]3O)C(O)[C@@H](O[C@@H]3O[C@H](CO)[C@H](O)C(O)C3O[C@@H]3OC(CO)[C@H](O[C@@H]4OC(CO)[C@H](O)[C@H](O[C@]5(OC=O)C[C@H](O)[C@@H](C)C([C@H](O)[C@@H](O)CO)O5)C4O)[C@H](O)C3NC(C)=O)[C@H]2O)OC(CO)[C@H](O)[C@@H]1O. The minimum Gasteiger partial charge on any atom is -0.410 e. The van der Waals surface area contributed by atoms with Crippen LogP contribution >= 0.6 is 0 Å². The lowest BCUT2D eigenvalue weighted by Crippen LogP contribution is -2.71. The van der Waals surface area contributed by atoms with Gasteiger partial charge in [-0.05, 0) is 6.92 Å². The fraction of sp³-hybridized carbons (Fsp3) is 0.928. The van der Waals surface area contributed by atoms with Crippen LogP contribution in [0.2, 0.25) is 0 Å². The topological polar surface area (TPSA) is 970 Å². The quantitative estimate of drug-likeness (QED) is 0.0199. The van der Waals surface area contributed by atoms with E-state index < -0.39 is 458 Å². The van der Waals surface area contributed by atoms with Crippen LogP contribution < -0.4 is 21.3 Å². The van der Waals surface area contributed by atoms with Gasteiger partial charge in [0.15, 0.2) is 50.3 Å². The van der Waals surface area contributed by atoms with E-state index in [0.29, 0.717) is 0 Å². The van der Waals surface area contributed by atoms with E-state index in [2.05, 4.69) is 21.3 Å². The standard InChI is InChI=1S/C83H138N4O59/c1-23-30(104)8-82(125-21-98,143-63(23)47(108)32(106)10-88)145-70-51(112)36(14-92)128-78(61(70)122)138-67-40(18-96)133-75(45(56(67)117)86-28(6)102)141-72-58(119)49(110)34(12-90)130-80(72)124-20-42-53(114)69(60(121)77(135-42)137-66-39(17-95)132-74(44(55(66)116)85-27(5)101)136-65-38(16-94)127-25(3)43(54(65)115)84-26(4)100)140-81-73(59(120)50(111)35(13-91)131-81)142-76-46(87-29(7)103)57(118)68(41(19-97)134-76)139-79-62(123)71(52(113)37(15-93)129-79)146-83(126-22-99)9-31(105)24(2)64(144-83)48(109)33(107)11-89/h21-25,30-81,88-97,104-123H,8-20H2,1-7H3,(H,84,100)(H,85,101)(H,86,102)(H,87,103)/t23-,24-,25+,30+,31+,32+,33+,34?,35-,36?,37?,38?,39?,40-,41?,42?,43?,44?,45?,46?,47-,48-,49+,50+,51+,52+,53+,54-,55-,56?,57-,58+,59?,60?,61?,62?,63?,64?,65+,66+,67-,68+,69+,70+,71+,72?,73?,74+,75-,76+,77+,78+,79+,80-,81+,82+,83+/m1/s1. The zero-order valence-corrected chi connectivity index (χ0v) is 79.4. The van der Waals surface area contributed by atoms with E-state index >= 15 is 0 Å². The van der Waals surface area contributed by atoms with E-state index in [4.69, 9.17) is 109 Å². The lowest BCUT2D eigenvalue weighted by Gasteiger charge is -2.51. The first-order valence-corrected chi connectivity index (χ1v) is 46.9. The molecule has 0 bridgehead atoms. The van der Waals surface area contributed by atoms with E-state index in [-0.39, 0.29) is 12.9 Å². The molecule has 57 atom stereocenters. The van der Waals surface area contributed by atoms with Crippen molar-refractivity contribution in [3.05, 3.63) is 0 Å². The number of nitrogens with one attached hydrogen (secondary N) is 4. The van der Waals surface area contributed by atoms with Crippen molar-refractivity contribution in [1.29, 1.82) is 0 Å². The molecule has 20 unspecified atom stereocenters. The van der Waals surface area contributed by atoms with Crippen molar-refractivity contribution in [2.24, 2.45) is 11.8 Å². The molecule has 0 aliphatic carbocycles. The molecule has 0 saturated carbocycles. The molecule has 34 N–H and O–H groups in total. The first kappa shape index (κ1) is 121. The Bertz CT molecular complexity index is 4070. The molecule has 11 heterocycles. The molecule has 0 aromatic carbocycles. The third-order valence-electron chi connectivity index (χ3n) is 27.3. The second kappa shape index (κ2) is 52.8. The fourth-order valence-corrected chi connectivity index (χ4v) is 19.3. The van der Waals surface area contributed by atoms with E-state index in [9.17, 15) is 182 Å². The predicted molar refractivity (Wildman–Crippen MR) is 452 cm³/mol. The zero-order valence-electron chi connectivity index (χ0n) is 79.4. The normalized spacial score (nSPS) is 47.5. The molecule has 63 nitrogen and oxygen atoms in total. The molecule has 4 amide bonds. The third kappa shape index (κ3) is 26.8. The Morgan fingerprint density at radius 1 is 0.308 bits per heavy atom. The summed E-state index contributed by atoms with van der Waals surface area (Å²) >= 11 is 0. The number of carbonyl (C=O) groups is 6. The summed E-state index contributed by atoms with van der Waals surface area (Å²) in [5.74, 6) is -11.8. The molecule has 11 saturated heterocycles. The molecule has 0 radical (unpaired) electrons. The van der Waals surface area contributed by atoms with Crippen LogP contribution in [0, 0.1) is 11.8 Å². The van der Waals surface area contributed by atoms with Gasteiger partial charge < -0.3 is 283 Å². The maximum absolute atomic E-state index is 13.4. The molecule has 11 aliphatic heterocycles. The van der Waals surface area contributed by atoms with Crippen LogP contribution in [0.15, 0.2) is 0 Å². The highest BCUT2D eigenvalue weighted by atomic mass is 16.9. The predicted octanol–water partition coefficient (Wildman–Crippen LogP) is -22.3. The smallest absolute Gasteiger partial charge is 0.332 e. The van der Waals surface area contributed by atoms with Gasteiger partial charge in [-0.3, -0.25) is 28.8 Å². The van der Waals surface area contributed by atoms with Gasteiger partial charge in [-0.1, -0.05) is 13.8 Å². The van der Waals surface area contributed by atoms with Gasteiger partial charge in [-0.15, -0.1) is 0 Å². The Morgan fingerprint density at radius 3 is 0.911 bits per heavy atom. The molecular formula is C83H138N4O59. The van der Waals surface area contributed by atoms with Crippen molar-refractivity contribution in [3.63, 3.8) is 0 Å². The number of aliphatic hydroxyl groups is 30. The molecule has 0 spiro atoms. The van der Waals surface area contributed by atoms with Gasteiger partial charge in [0.25, 0.3) is 12.9 Å². The molecule has 844 valence electrons. The second-order valence-electron chi connectivity index (χ2n) is 37.4. The Kier molecular flexibility index (Phi) is 43.8. The van der Waals surface area contributed by atoms with Crippen LogP contribution in [0.5, 0.6) is 0 Å². The summed E-state index contributed by atoms with van der Waals surface area (Å²) < 4.78 is 137. The molecule has 11 aliphatic rings. The summed E-state index contributed by atoms with van der Waals surface area (Å²) in [4.78, 5) is 76.6. The summed E-state index contributed by atoms with van der Waals surface area (Å²) in [6, 6.07) is -7.43. The molecular weight excluding hydrogens is 2000 g/mol. The van der Waals surface area contributed by atoms with Crippen molar-refractivity contribution in [3.8, 4) is 0 Å². The molecule has 0 aromatic heterocycles. The number of hydrogen-bond donors (Lipinski definition) is 34. The Labute approximate surface area is 828 Å².